The summed E-state index contributed by atoms with van der Waals surface area (Å²) in [7, 11) is 0. The van der Waals surface area contributed by atoms with Crippen LogP contribution in [0.2, 0.25) is 0 Å². The van der Waals surface area contributed by atoms with Gasteiger partial charge in [0.2, 0.25) is 0 Å². The van der Waals surface area contributed by atoms with E-state index in [0.717, 1.165) is 19.3 Å². The van der Waals surface area contributed by atoms with Crippen LogP contribution in [-0.4, -0.2) is 10.7 Å². The predicted molar refractivity (Wildman–Crippen MR) is 42.9 cm³/mol. The third-order valence-electron chi connectivity index (χ3n) is 2.73. The third-order valence-corrected chi connectivity index (χ3v) is 2.73. The summed E-state index contributed by atoms with van der Waals surface area (Å²) in [4.78, 5) is 0. The molecule has 1 N–H and O–H groups in total. The Morgan fingerprint density at radius 2 is 1.90 bits per heavy atom. The highest BCUT2D eigenvalue weighted by Crippen LogP contribution is 2.44. The van der Waals surface area contributed by atoms with Crippen molar-refractivity contribution in [2.75, 3.05) is 0 Å². The van der Waals surface area contributed by atoms with Gasteiger partial charge in [0.15, 0.2) is 0 Å². The average molecular weight is 142 g/mol. The molecule has 0 heterocycles. The molecule has 1 saturated carbocycles. The van der Waals surface area contributed by atoms with Crippen LogP contribution in [-0.2, 0) is 0 Å². The van der Waals surface area contributed by atoms with E-state index in [1.165, 1.54) is 6.42 Å². The monoisotopic (exact) mass is 142 g/mol. The molecule has 1 aliphatic rings. The van der Waals surface area contributed by atoms with Crippen LogP contribution < -0.4 is 0 Å². The van der Waals surface area contributed by atoms with Gasteiger partial charge in [-0.05, 0) is 31.1 Å². The lowest BCUT2D eigenvalue weighted by molar-refractivity contribution is 0.0337. The van der Waals surface area contributed by atoms with E-state index in [2.05, 4.69) is 20.8 Å². The van der Waals surface area contributed by atoms with E-state index < -0.39 is 0 Å². The summed E-state index contributed by atoms with van der Waals surface area (Å²) in [6.07, 6.45) is 4.07. The van der Waals surface area contributed by atoms with E-state index in [0.29, 0.717) is 5.41 Å². The molecule has 1 fully saturated rings. The normalized spacial score (nSPS) is 38.4. The molecular formula is C9H18O. The van der Waals surface area contributed by atoms with Gasteiger partial charge in [0.05, 0.1) is 5.60 Å². The van der Waals surface area contributed by atoms with E-state index in [-0.39, 0.29) is 5.60 Å². The quantitative estimate of drug-likeness (QED) is 0.595. The van der Waals surface area contributed by atoms with Crippen molar-refractivity contribution in [2.45, 2.75) is 52.1 Å². The molecule has 60 valence electrons. The van der Waals surface area contributed by atoms with Gasteiger partial charge in [-0.3, -0.25) is 0 Å². The predicted octanol–water partition coefficient (Wildman–Crippen LogP) is 2.34. The van der Waals surface area contributed by atoms with E-state index in [4.69, 9.17) is 0 Å². The molecule has 0 aromatic rings. The SMILES string of the molecule is CCC1(O)CCC(C)(C)C1. The number of hydrogen-bond donors (Lipinski definition) is 1. The van der Waals surface area contributed by atoms with E-state index in [1.807, 2.05) is 0 Å². The molecule has 0 aliphatic heterocycles. The van der Waals surface area contributed by atoms with E-state index in [9.17, 15) is 5.11 Å². The fourth-order valence-corrected chi connectivity index (χ4v) is 1.94. The summed E-state index contributed by atoms with van der Waals surface area (Å²) in [6.45, 7) is 6.54. The Kier molecular flexibility index (Phi) is 1.80. The summed E-state index contributed by atoms with van der Waals surface area (Å²) in [5.41, 5.74) is 0.0499. The van der Waals surface area contributed by atoms with Gasteiger partial charge in [0, 0.05) is 0 Å². The second-order valence-corrected chi connectivity index (χ2v) is 4.42. The maximum absolute atomic E-state index is 9.84. The summed E-state index contributed by atoms with van der Waals surface area (Å²) < 4.78 is 0. The molecule has 0 aromatic carbocycles. The zero-order chi connectivity index (χ0) is 7.83. The van der Waals surface area contributed by atoms with Crippen molar-refractivity contribution in [2.24, 2.45) is 5.41 Å². The Hall–Kier alpha value is -0.0400. The minimum absolute atomic E-state index is 0.330. The molecule has 1 atom stereocenters. The van der Waals surface area contributed by atoms with Crippen LogP contribution in [0.25, 0.3) is 0 Å². The molecule has 0 spiro atoms. The fourth-order valence-electron chi connectivity index (χ4n) is 1.94. The zero-order valence-corrected chi connectivity index (χ0v) is 7.28. The van der Waals surface area contributed by atoms with Gasteiger partial charge < -0.3 is 5.11 Å². The Labute approximate surface area is 63.4 Å². The molecule has 0 amide bonds. The van der Waals surface area contributed by atoms with Gasteiger partial charge in [-0.2, -0.15) is 0 Å². The van der Waals surface area contributed by atoms with Crippen LogP contribution in [0.5, 0.6) is 0 Å². The number of aliphatic hydroxyl groups is 1. The fraction of sp³-hybridized carbons (Fsp3) is 1.00. The van der Waals surface area contributed by atoms with Crippen molar-refractivity contribution >= 4 is 0 Å². The molecule has 1 heteroatoms. The van der Waals surface area contributed by atoms with E-state index >= 15 is 0 Å². The highest BCUT2D eigenvalue weighted by Gasteiger charge is 2.39. The van der Waals surface area contributed by atoms with Crippen LogP contribution >= 0.6 is 0 Å². The summed E-state index contributed by atoms with van der Waals surface area (Å²) >= 11 is 0. The van der Waals surface area contributed by atoms with Gasteiger partial charge >= 0.3 is 0 Å². The van der Waals surface area contributed by atoms with E-state index in [1.54, 1.807) is 0 Å². The minimum atomic E-state index is -0.330. The Morgan fingerprint density at radius 1 is 1.30 bits per heavy atom. The first-order valence-corrected chi connectivity index (χ1v) is 4.20. The maximum atomic E-state index is 9.84. The number of hydrogen-bond acceptors (Lipinski definition) is 1. The van der Waals surface area contributed by atoms with Crippen LogP contribution in [0.4, 0.5) is 0 Å². The van der Waals surface area contributed by atoms with Gasteiger partial charge in [0.1, 0.15) is 0 Å². The van der Waals surface area contributed by atoms with Crippen molar-refractivity contribution in [3.05, 3.63) is 0 Å². The van der Waals surface area contributed by atoms with Gasteiger partial charge in [-0.25, -0.2) is 0 Å². The number of rotatable bonds is 1. The second kappa shape index (κ2) is 2.23. The molecule has 1 nitrogen and oxygen atoms in total. The average Bonchev–Trinajstić information content (AvgIpc) is 2.08. The highest BCUT2D eigenvalue weighted by molar-refractivity contribution is 4.92. The lowest BCUT2D eigenvalue weighted by Gasteiger charge is -2.23. The van der Waals surface area contributed by atoms with Crippen molar-refractivity contribution in [1.82, 2.24) is 0 Å². The topological polar surface area (TPSA) is 20.2 Å². The van der Waals surface area contributed by atoms with Crippen LogP contribution in [0.1, 0.15) is 46.5 Å². The van der Waals surface area contributed by atoms with Crippen molar-refractivity contribution in [3.63, 3.8) is 0 Å². The first kappa shape index (κ1) is 8.06. The van der Waals surface area contributed by atoms with Gasteiger partial charge in [0.25, 0.3) is 0 Å². The van der Waals surface area contributed by atoms with Crippen molar-refractivity contribution in [1.29, 1.82) is 0 Å². The van der Waals surface area contributed by atoms with Gasteiger partial charge in [-0.1, -0.05) is 20.8 Å². The first-order chi connectivity index (χ1) is 4.47. The summed E-state index contributed by atoms with van der Waals surface area (Å²) in [5, 5.41) is 9.84. The molecule has 1 aliphatic carbocycles. The van der Waals surface area contributed by atoms with Crippen LogP contribution in [0.15, 0.2) is 0 Å². The molecule has 0 radical (unpaired) electrons. The molecule has 0 saturated heterocycles. The molecule has 1 unspecified atom stereocenters. The molecule has 0 bridgehead atoms. The molecule has 0 aromatic heterocycles. The second-order valence-electron chi connectivity index (χ2n) is 4.42. The van der Waals surface area contributed by atoms with Crippen LogP contribution in [0, 0.1) is 5.41 Å². The zero-order valence-electron chi connectivity index (χ0n) is 7.28. The Balaban J connectivity index is 2.57. The lowest BCUT2D eigenvalue weighted by atomic mass is 9.88. The van der Waals surface area contributed by atoms with Crippen molar-refractivity contribution < 1.29 is 5.11 Å². The summed E-state index contributed by atoms with van der Waals surface area (Å²) in [5.74, 6) is 0. The minimum Gasteiger partial charge on any atom is -0.390 e. The largest absolute Gasteiger partial charge is 0.390 e. The Bertz CT molecular complexity index is 129. The maximum Gasteiger partial charge on any atom is 0.0650 e. The van der Waals surface area contributed by atoms with Gasteiger partial charge in [-0.15, -0.1) is 0 Å². The first-order valence-electron chi connectivity index (χ1n) is 4.20. The molecule has 1 rings (SSSR count). The Morgan fingerprint density at radius 3 is 2.10 bits per heavy atom. The highest BCUT2D eigenvalue weighted by atomic mass is 16.3. The van der Waals surface area contributed by atoms with Crippen LogP contribution in [0.3, 0.4) is 0 Å². The smallest absolute Gasteiger partial charge is 0.0650 e. The lowest BCUT2D eigenvalue weighted by Crippen LogP contribution is -2.24. The van der Waals surface area contributed by atoms with Crippen molar-refractivity contribution in [3.8, 4) is 0 Å². The summed E-state index contributed by atoms with van der Waals surface area (Å²) in [6, 6.07) is 0. The molecule has 10 heavy (non-hydrogen) atoms. The standard InChI is InChI=1S/C9H18O/c1-4-9(10)6-5-8(2,3)7-9/h10H,4-7H2,1-3H3. The third kappa shape index (κ3) is 1.51. The molecular weight excluding hydrogens is 124 g/mol.